The molecular weight excluding hydrogens is 395 g/mol. The molecule has 150 valence electrons. The van der Waals surface area contributed by atoms with Crippen LogP contribution in [0.25, 0.3) is 5.57 Å². The number of ketones is 1. The lowest BCUT2D eigenvalue weighted by Crippen LogP contribution is -2.24. The number of para-hydroxylation sites is 1. The first-order valence-electron chi connectivity index (χ1n) is 9.76. The van der Waals surface area contributed by atoms with Crippen LogP contribution in [0.1, 0.15) is 34.1 Å². The largest absolute Gasteiger partial charge is 0.341 e. The summed E-state index contributed by atoms with van der Waals surface area (Å²) in [6, 6.07) is 20.8. The lowest BCUT2D eigenvalue weighted by Gasteiger charge is -2.30. The van der Waals surface area contributed by atoms with Crippen molar-refractivity contribution in [2.24, 2.45) is 0 Å². The van der Waals surface area contributed by atoms with Crippen LogP contribution in [0.3, 0.4) is 0 Å². The van der Waals surface area contributed by atoms with Crippen molar-refractivity contribution in [1.82, 2.24) is 4.98 Å². The molecular formula is C25H21FN2OS. The van der Waals surface area contributed by atoms with Gasteiger partial charge in [-0.15, -0.1) is 0 Å². The maximum Gasteiger partial charge on any atom is 0.195 e. The smallest absolute Gasteiger partial charge is 0.195 e. The Labute approximate surface area is 180 Å². The van der Waals surface area contributed by atoms with Gasteiger partial charge in [-0.2, -0.15) is 3.89 Å². The number of pyridine rings is 1. The topological polar surface area (TPSA) is 33.2 Å². The van der Waals surface area contributed by atoms with Gasteiger partial charge in [-0.3, -0.25) is 4.79 Å². The molecule has 0 radical (unpaired) electrons. The van der Waals surface area contributed by atoms with Crippen molar-refractivity contribution in [2.75, 3.05) is 4.90 Å². The maximum absolute atomic E-state index is 13.4. The molecule has 0 saturated heterocycles. The minimum atomic E-state index is -0.0594. The summed E-state index contributed by atoms with van der Waals surface area (Å²) in [5, 5.41) is 0.318. The minimum absolute atomic E-state index is 0.0594. The summed E-state index contributed by atoms with van der Waals surface area (Å²) in [5.74, 6) is -0.0594. The number of hydrogen-bond acceptors (Lipinski definition) is 4. The molecule has 0 unspecified atom stereocenters. The van der Waals surface area contributed by atoms with E-state index in [1.54, 1.807) is 12.1 Å². The number of hydrogen-bond donors (Lipinski definition) is 0. The Morgan fingerprint density at radius 3 is 2.70 bits per heavy atom. The molecule has 0 amide bonds. The van der Waals surface area contributed by atoms with Crippen molar-refractivity contribution in [3.63, 3.8) is 0 Å². The third-order valence-corrected chi connectivity index (χ3v) is 5.57. The monoisotopic (exact) mass is 416 g/mol. The van der Waals surface area contributed by atoms with E-state index in [1.807, 2.05) is 65.7 Å². The minimum Gasteiger partial charge on any atom is -0.341 e. The Bertz CT molecular complexity index is 1160. The predicted octanol–water partition coefficient (Wildman–Crippen LogP) is 6.42. The number of aryl methyl sites for hydroxylation is 1. The van der Waals surface area contributed by atoms with Gasteiger partial charge in [-0.1, -0.05) is 56.0 Å². The molecule has 4 rings (SSSR count). The van der Waals surface area contributed by atoms with Crippen molar-refractivity contribution >= 4 is 29.2 Å². The Kier molecular flexibility index (Phi) is 5.81. The van der Waals surface area contributed by atoms with Gasteiger partial charge in [-0.25, -0.2) is 4.98 Å². The fraction of sp³-hybridized carbons (Fsp3) is 0.120. The van der Waals surface area contributed by atoms with Gasteiger partial charge in [0.25, 0.3) is 0 Å². The molecule has 0 fully saturated rings. The summed E-state index contributed by atoms with van der Waals surface area (Å²) in [4.78, 5) is 19.7. The molecule has 0 N–H and O–H groups in total. The van der Waals surface area contributed by atoms with Gasteiger partial charge >= 0.3 is 0 Å². The van der Waals surface area contributed by atoms with Crippen molar-refractivity contribution < 1.29 is 8.68 Å². The lowest BCUT2D eigenvalue weighted by atomic mass is 9.89. The number of carbonyl (C=O) groups is 1. The zero-order valence-corrected chi connectivity index (χ0v) is 17.5. The molecule has 0 spiro atoms. The number of aromatic nitrogens is 1. The van der Waals surface area contributed by atoms with Crippen molar-refractivity contribution in [3.8, 4) is 0 Å². The van der Waals surface area contributed by atoms with Crippen molar-refractivity contribution in [2.45, 2.75) is 24.9 Å². The number of allylic oxidation sites excluding steroid dienone is 2. The third kappa shape index (κ3) is 3.94. The number of anilines is 1. The van der Waals surface area contributed by atoms with Gasteiger partial charge in [0, 0.05) is 28.6 Å². The van der Waals surface area contributed by atoms with Crippen LogP contribution in [-0.2, 0) is 13.0 Å². The average molecular weight is 417 g/mol. The molecule has 0 bridgehead atoms. The predicted molar refractivity (Wildman–Crippen MR) is 121 cm³/mol. The highest BCUT2D eigenvalue weighted by atomic mass is 32.2. The number of benzene rings is 2. The van der Waals surface area contributed by atoms with Crippen LogP contribution < -0.4 is 4.90 Å². The van der Waals surface area contributed by atoms with E-state index in [-0.39, 0.29) is 17.9 Å². The standard InChI is InChI=1S/C25H21FN2OS/c1-3-18-8-6-9-19(14-18)25(29)22-16-28(15-20-10-7-13-24(27-20)30-26)23-12-5-4-11-21(23)17(22)2/h4-14,16H,2-3,15H2,1H3. The molecule has 1 aliphatic heterocycles. The zero-order valence-electron chi connectivity index (χ0n) is 16.6. The Morgan fingerprint density at radius 2 is 1.90 bits per heavy atom. The summed E-state index contributed by atoms with van der Waals surface area (Å²) in [7, 11) is 0. The van der Waals surface area contributed by atoms with E-state index in [9.17, 15) is 8.68 Å². The number of rotatable bonds is 6. The van der Waals surface area contributed by atoms with Gasteiger partial charge < -0.3 is 4.90 Å². The molecule has 2 heterocycles. The molecule has 1 aliphatic rings. The second-order valence-electron chi connectivity index (χ2n) is 7.09. The second kappa shape index (κ2) is 8.67. The van der Waals surface area contributed by atoms with Crippen LogP contribution in [0.5, 0.6) is 0 Å². The third-order valence-electron chi connectivity index (χ3n) is 5.18. The Balaban J connectivity index is 1.74. The van der Waals surface area contributed by atoms with E-state index in [2.05, 4.69) is 18.5 Å². The fourth-order valence-electron chi connectivity index (χ4n) is 3.61. The highest BCUT2D eigenvalue weighted by Crippen LogP contribution is 2.38. The van der Waals surface area contributed by atoms with Gasteiger partial charge in [0.1, 0.15) is 17.2 Å². The summed E-state index contributed by atoms with van der Waals surface area (Å²) in [6.07, 6.45) is 2.70. The molecule has 5 heteroatoms. The first-order chi connectivity index (χ1) is 14.6. The Hall–Kier alpha value is -3.18. The molecule has 0 aliphatic carbocycles. The Morgan fingerprint density at radius 1 is 1.10 bits per heavy atom. The zero-order chi connectivity index (χ0) is 21.1. The van der Waals surface area contributed by atoms with Crippen LogP contribution >= 0.6 is 12.1 Å². The highest BCUT2D eigenvalue weighted by molar-refractivity contribution is 7.94. The van der Waals surface area contributed by atoms with Crippen LogP contribution in [0, 0.1) is 0 Å². The number of carbonyl (C=O) groups excluding carboxylic acids is 1. The van der Waals surface area contributed by atoms with Crippen molar-refractivity contribution in [1.29, 1.82) is 0 Å². The molecule has 0 atom stereocenters. The van der Waals surface area contributed by atoms with Gasteiger partial charge in [0.05, 0.1) is 12.2 Å². The summed E-state index contributed by atoms with van der Waals surface area (Å²) in [6.45, 7) is 6.70. The van der Waals surface area contributed by atoms with E-state index < -0.39 is 0 Å². The SMILES string of the molecule is C=C1C(C(=O)c2cccc(CC)c2)=CN(Cc2cccc(SF)n2)c2ccccc21. The second-order valence-corrected chi connectivity index (χ2v) is 7.67. The first kappa shape index (κ1) is 20.1. The molecule has 30 heavy (non-hydrogen) atoms. The van der Waals surface area contributed by atoms with E-state index in [0.29, 0.717) is 28.3 Å². The van der Waals surface area contributed by atoms with E-state index in [1.165, 1.54) is 0 Å². The van der Waals surface area contributed by atoms with E-state index in [4.69, 9.17) is 0 Å². The summed E-state index contributed by atoms with van der Waals surface area (Å²) < 4.78 is 13.0. The number of nitrogens with zero attached hydrogens (tertiary/aromatic N) is 2. The van der Waals surface area contributed by atoms with Crippen LogP contribution in [-0.4, -0.2) is 10.8 Å². The highest BCUT2D eigenvalue weighted by Gasteiger charge is 2.26. The summed E-state index contributed by atoms with van der Waals surface area (Å²) in [5.41, 5.74) is 5.59. The van der Waals surface area contributed by atoms with Gasteiger partial charge in [0.2, 0.25) is 0 Å². The summed E-state index contributed by atoms with van der Waals surface area (Å²) >= 11 is 0.124. The van der Waals surface area contributed by atoms with Gasteiger partial charge in [-0.05, 0) is 41.8 Å². The van der Waals surface area contributed by atoms with Crippen LogP contribution in [0.4, 0.5) is 9.57 Å². The van der Waals surface area contributed by atoms with E-state index >= 15 is 0 Å². The van der Waals surface area contributed by atoms with Crippen molar-refractivity contribution in [3.05, 3.63) is 107 Å². The van der Waals surface area contributed by atoms with E-state index in [0.717, 1.165) is 28.9 Å². The molecule has 3 nitrogen and oxygen atoms in total. The van der Waals surface area contributed by atoms with Crippen LogP contribution in [0.2, 0.25) is 0 Å². The number of fused-ring (bicyclic) bond motifs is 1. The first-order valence-corrected chi connectivity index (χ1v) is 10.5. The number of halogens is 1. The average Bonchev–Trinajstić information content (AvgIpc) is 2.80. The quantitative estimate of drug-likeness (QED) is 0.434. The molecule has 0 saturated carbocycles. The van der Waals surface area contributed by atoms with Gasteiger partial charge in [0.15, 0.2) is 5.78 Å². The number of Topliss-reactive ketones (excluding diaryl/α,β-unsaturated/α-hetero) is 1. The van der Waals surface area contributed by atoms with Crippen LogP contribution in [0.15, 0.2) is 90.1 Å². The fourth-order valence-corrected chi connectivity index (χ4v) is 3.89. The molecule has 1 aromatic heterocycles. The lowest BCUT2D eigenvalue weighted by molar-refractivity contribution is 0.103. The normalized spacial score (nSPS) is 13.1. The maximum atomic E-state index is 13.4. The molecule has 3 aromatic rings. The molecule has 2 aromatic carbocycles.